The second-order valence-electron chi connectivity index (χ2n) is 5.91. The molecule has 0 bridgehead atoms. The fraction of sp³-hybridized carbons (Fsp3) is 0.105. The van der Waals surface area contributed by atoms with Crippen LogP contribution in [0.5, 0.6) is 17.5 Å². The van der Waals surface area contributed by atoms with Crippen LogP contribution in [0.2, 0.25) is 5.02 Å². The van der Waals surface area contributed by atoms with Crippen molar-refractivity contribution in [3.8, 4) is 23.2 Å². The molecular weight excluding hydrogens is 413 g/mol. The van der Waals surface area contributed by atoms with E-state index in [0.717, 1.165) is 16.7 Å². The zero-order valence-corrected chi connectivity index (χ0v) is 15.3. The Balaban J connectivity index is 1.67. The maximum Gasteiger partial charge on any atom is 0.417 e. The molecule has 1 amide bonds. The Morgan fingerprint density at radius 3 is 2.41 bits per heavy atom. The molecule has 0 aliphatic rings. The summed E-state index contributed by atoms with van der Waals surface area (Å²) >= 11 is 5.54. The van der Waals surface area contributed by atoms with Gasteiger partial charge in [0.25, 0.3) is 5.91 Å². The molecule has 29 heavy (non-hydrogen) atoms. The Kier molecular flexibility index (Phi) is 5.60. The molecule has 3 aromatic rings. The fourth-order valence-corrected chi connectivity index (χ4v) is 2.78. The van der Waals surface area contributed by atoms with E-state index in [1.807, 2.05) is 0 Å². The van der Waals surface area contributed by atoms with Gasteiger partial charge in [-0.15, -0.1) is 0 Å². The molecule has 0 saturated carbocycles. The van der Waals surface area contributed by atoms with E-state index in [0.29, 0.717) is 5.69 Å². The van der Waals surface area contributed by atoms with Crippen molar-refractivity contribution in [1.29, 1.82) is 0 Å². The van der Waals surface area contributed by atoms with Crippen LogP contribution in [0.3, 0.4) is 0 Å². The van der Waals surface area contributed by atoms with Gasteiger partial charge in [0.1, 0.15) is 5.75 Å². The maximum atomic E-state index is 12.9. The van der Waals surface area contributed by atoms with Crippen molar-refractivity contribution in [2.45, 2.75) is 6.18 Å². The average molecular weight is 427 g/mol. The Morgan fingerprint density at radius 2 is 1.76 bits per heavy atom. The predicted molar refractivity (Wildman–Crippen MR) is 99.7 cm³/mol. The van der Waals surface area contributed by atoms with Crippen LogP contribution in [0.15, 0.2) is 54.6 Å². The molecule has 1 aromatic heterocycles. The van der Waals surface area contributed by atoms with Crippen LogP contribution in [0.4, 0.5) is 18.9 Å². The molecular formula is C19H14ClF3N2O4. The fourth-order valence-electron chi connectivity index (χ4n) is 2.56. The molecule has 3 N–H and O–H groups in total. The monoisotopic (exact) mass is 426 g/mol. The first kappa shape index (κ1) is 20.4. The topological polar surface area (TPSA) is 83.7 Å². The van der Waals surface area contributed by atoms with Gasteiger partial charge in [-0.3, -0.25) is 9.36 Å². The molecule has 0 saturated heterocycles. The average Bonchev–Trinajstić information content (AvgIpc) is 2.99. The minimum atomic E-state index is -4.65. The highest BCUT2D eigenvalue weighted by Gasteiger charge is 2.33. The number of alkyl halides is 3. The van der Waals surface area contributed by atoms with E-state index in [1.54, 1.807) is 18.2 Å². The summed E-state index contributed by atoms with van der Waals surface area (Å²) in [7, 11) is 0. The number of nitrogens with zero attached hydrogens (tertiary/aromatic N) is 1. The van der Waals surface area contributed by atoms with Gasteiger partial charge in [-0.1, -0.05) is 17.7 Å². The number of aromatic hydroxyl groups is 2. The van der Waals surface area contributed by atoms with Crippen LogP contribution >= 0.6 is 11.6 Å². The van der Waals surface area contributed by atoms with Gasteiger partial charge in [0.05, 0.1) is 16.3 Å². The van der Waals surface area contributed by atoms with Crippen molar-refractivity contribution >= 4 is 23.2 Å². The molecule has 0 atom stereocenters. The van der Waals surface area contributed by atoms with Gasteiger partial charge < -0.3 is 20.3 Å². The zero-order chi connectivity index (χ0) is 21.2. The molecule has 2 aromatic carbocycles. The van der Waals surface area contributed by atoms with Crippen LogP contribution in [0, 0.1) is 0 Å². The molecule has 6 nitrogen and oxygen atoms in total. The first-order valence-corrected chi connectivity index (χ1v) is 8.52. The van der Waals surface area contributed by atoms with E-state index in [4.69, 9.17) is 16.3 Å². The highest BCUT2D eigenvalue weighted by Crippen LogP contribution is 2.36. The van der Waals surface area contributed by atoms with E-state index in [9.17, 15) is 28.2 Å². The lowest BCUT2D eigenvalue weighted by Crippen LogP contribution is -2.20. The number of anilines is 1. The van der Waals surface area contributed by atoms with Crippen LogP contribution in [0.1, 0.15) is 5.56 Å². The summed E-state index contributed by atoms with van der Waals surface area (Å²) in [6.45, 7) is -0.475. The van der Waals surface area contributed by atoms with Gasteiger partial charge in [0.15, 0.2) is 18.4 Å². The van der Waals surface area contributed by atoms with E-state index in [1.165, 1.54) is 24.3 Å². The van der Waals surface area contributed by atoms with Crippen LogP contribution < -0.4 is 10.1 Å². The molecule has 1 heterocycles. The molecule has 0 spiro atoms. The summed E-state index contributed by atoms with van der Waals surface area (Å²) in [5, 5.41) is 21.4. The number of rotatable bonds is 5. The number of ether oxygens (including phenoxy) is 1. The number of benzene rings is 2. The minimum absolute atomic E-state index is 0.0775. The van der Waals surface area contributed by atoms with Crippen molar-refractivity contribution in [3.05, 3.63) is 65.2 Å². The van der Waals surface area contributed by atoms with Gasteiger partial charge in [-0.25, -0.2) is 0 Å². The van der Waals surface area contributed by atoms with E-state index in [-0.39, 0.29) is 23.2 Å². The third-order valence-electron chi connectivity index (χ3n) is 3.84. The first-order chi connectivity index (χ1) is 13.6. The SMILES string of the molecule is O=C(COc1cccc(-n2c(O)ccc2O)c1)Nc1ccc(Cl)c(C(F)(F)F)c1. The van der Waals surface area contributed by atoms with Gasteiger partial charge in [-0.2, -0.15) is 13.2 Å². The lowest BCUT2D eigenvalue weighted by Gasteiger charge is -2.13. The Hall–Kier alpha value is -3.33. The number of aromatic nitrogens is 1. The standard InChI is InChI=1S/C19H14ClF3N2O4/c20-15-5-4-11(8-14(15)19(21,22)23)24-16(26)10-29-13-3-1-2-12(9-13)25-17(27)6-7-18(25)28/h1-9,27-28H,10H2,(H,24,26). The highest BCUT2D eigenvalue weighted by molar-refractivity contribution is 6.31. The summed E-state index contributed by atoms with van der Waals surface area (Å²) in [6.07, 6.45) is -4.65. The van der Waals surface area contributed by atoms with Crippen molar-refractivity contribution in [1.82, 2.24) is 4.57 Å². The van der Waals surface area contributed by atoms with Crippen molar-refractivity contribution in [2.24, 2.45) is 0 Å². The third kappa shape index (κ3) is 4.75. The van der Waals surface area contributed by atoms with Gasteiger partial charge in [0, 0.05) is 23.9 Å². The lowest BCUT2D eigenvalue weighted by atomic mass is 10.2. The number of amides is 1. The number of hydrogen-bond acceptors (Lipinski definition) is 4. The van der Waals surface area contributed by atoms with Gasteiger partial charge in [-0.05, 0) is 30.3 Å². The van der Waals surface area contributed by atoms with Crippen molar-refractivity contribution < 1.29 is 32.9 Å². The van der Waals surface area contributed by atoms with Crippen molar-refractivity contribution in [2.75, 3.05) is 11.9 Å². The van der Waals surface area contributed by atoms with E-state index >= 15 is 0 Å². The largest absolute Gasteiger partial charge is 0.494 e. The molecule has 0 unspecified atom stereocenters. The number of hydrogen-bond donors (Lipinski definition) is 3. The van der Waals surface area contributed by atoms with Gasteiger partial charge in [0.2, 0.25) is 0 Å². The molecule has 0 radical (unpaired) electrons. The number of nitrogens with one attached hydrogen (secondary N) is 1. The summed E-state index contributed by atoms with van der Waals surface area (Å²) in [4.78, 5) is 12.0. The zero-order valence-electron chi connectivity index (χ0n) is 14.6. The summed E-state index contributed by atoms with van der Waals surface area (Å²) in [5.41, 5.74) is -0.751. The molecule has 10 heteroatoms. The normalized spacial score (nSPS) is 11.3. The number of carbonyl (C=O) groups is 1. The Morgan fingerprint density at radius 1 is 1.07 bits per heavy atom. The van der Waals surface area contributed by atoms with Gasteiger partial charge >= 0.3 is 6.18 Å². The Labute approximate surface area is 167 Å². The highest BCUT2D eigenvalue weighted by atomic mass is 35.5. The number of carbonyl (C=O) groups excluding carboxylic acids is 1. The quantitative estimate of drug-likeness (QED) is 0.557. The van der Waals surface area contributed by atoms with Crippen LogP contribution in [-0.4, -0.2) is 27.3 Å². The third-order valence-corrected chi connectivity index (χ3v) is 4.17. The second-order valence-corrected chi connectivity index (χ2v) is 6.32. The second kappa shape index (κ2) is 7.96. The Bertz CT molecular complexity index is 1030. The van der Waals surface area contributed by atoms with E-state index < -0.39 is 29.3 Å². The maximum absolute atomic E-state index is 12.9. The lowest BCUT2D eigenvalue weighted by molar-refractivity contribution is -0.137. The van der Waals surface area contributed by atoms with E-state index in [2.05, 4.69) is 5.32 Å². The van der Waals surface area contributed by atoms with Crippen LogP contribution in [-0.2, 0) is 11.0 Å². The molecule has 0 aliphatic carbocycles. The smallest absolute Gasteiger partial charge is 0.417 e. The first-order valence-electron chi connectivity index (χ1n) is 8.14. The molecule has 0 aliphatic heterocycles. The minimum Gasteiger partial charge on any atom is -0.494 e. The van der Waals surface area contributed by atoms with Crippen molar-refractivity contribution in [3.63, 3.8) is 0 Å². The predicted octanol–water partition coefficient (Wildman–Crippen LogP) is 4.58. The van der Waals surface area contributed by atoms with Crippen LogP contribution in [0.25, 0.3) is 5.69 Å². The number of halogens is 4. The molecule has 152 valence electrons. The summed E-state index contributed by atoms with van der Waals surface area (Å²) in [5.74, 6) is -0.823. The summed E-state index contributed by atoms with van der Waals surface area (Å²) < 4.78 is 45.2. The summed E-state index contributed by atoms with van der Waals surface area (Å²) in [6, 6.07) is 11.8. The molecule has 0 fully saturated rings. The molecule has 3 rings (SSSR count).